The molecule has 6 nitrogen and oxygen atoms in total. The Kier molecular flexibility index (Phi) is 5.70. The molecule has 4 fully saturated rings. The Labute approximate surface area is 163 Å². The Morgan fingerprint density at radius 2 is 2.00 bits per heavy atom. The van der Waals surface area contributed by atoms with Gasteiger partial charge in [-0.1, -0.05) is 13.3 Å². The van der Waals surface area contributed by atoms with Crippen molar-refractivity contribution in [1.29, 1.82) is 0 Å². The fourth-order valence-electron chi connectivity index (χ4n) is 5.32. The van der Waals surface area contributed by atoms with Gasteiger partial charge in [0, 0.05) is 32.3 Å². The van der Waals surface area contributed by atoms with E-state index in [1.807, 2.05) is 0 Å². The quantitative estimate of drug-likeness (QED) is 0.548. The van der Waals surface area contributed by atoms with Crippen LogP contribution in [0.1, 0.15) is 51.9 Å². The molecule has 2 N–H and O–H groups in total. The molecular weight excluding hydrogens is 362 g/mol. The number of sulfone groups is 1. The van der Waals surface area contributed by atoms with Gasteiger partial charge in [-0.15, -0.1) is 0 Å². The molecule has 0 spiro atoms. The average molecular weight is 398 g/mol. The molecule has 0 aromatic heterocycles. The van der Waals surface area contributed by atoms with Gasteiger partial charge in [-0.2, -0.15) is 0 Å². The molecule has 0 aromatic carbocycles. The van der Waals surface area contributed by atoms with Crippen molar-refractivity contribution in [3.8, 4) is 0 Å². The summed E-state index contributed by atoms with van der Waals surface area (Å²) in [5, 5.41) is 7.19. The maximum Gasteiger partial charge on any atom is 0.191 e. The Morgan fingerprint density at radius 3 is 2.63 bits per heavy atom. The van der Waals surface area contributed by atoms with Crippen LogP contribution in [0.25, 0.3) is 0 Å². The molecule has 2 aliphatic heterocycles. The lowest BCUT2D eigenvalue weighted by atomic mass is 9.82. The van der Waals surface area contributed by atoms with Crippen molar-refractivity contribution >= 4 is 15.8 Å². The second-order valence-corrected chi connectivity index (χ2v) is 11.9. The minimum Gasteiger partial charge on any atom is -0.381 e. The number of ether oxygens (including phenoxy) is 1. The number of hydrogen-bond acceptors (Lipinski definition) is 4. The number of nitrogens with zero attached hydrogens (tertiary/aromatic N) is 1. The number of fused-ring (bicyclic) bond motifs is 2. The van der Waals surface area contributed by atoms with Crippen molar-refractivity contribution in [2.75, 3.05) is 37.8 Å². The van der Waals surface area contributed by atoms with Crippen LogP contribution in [0.3, 0.4) is 0 Å². The zero-order valence-electron chi connectivity index (χ0n) is 16.6. The van der Waals surface area contributed by atoms with Crippen LogP contribution in [0.4, 0.5) is 0 Å². The van der Waals surface area contributed by atoms with E-state index in [1.165, 1.54) is 25.7 Å². The first-order valence-corrected chi connectivity index (χ1v) is 12.6. The van der Waals surface area contributed by atoms with E-state index in [4.69, 9.17) is 9.73 Å². The molecule has 4 rings (SSSR count). The maximum atomic E-state index is 11.7. The number of hydrogen-bond donors (Lipinski definition) is 2. The summed E-state index contributed by atoms with van der Waals surface area (Å²) in [5.41, 5.74) is 0.207. The molecule has 4 atom stereocenters. The maximum absolute atomic E-state index is 11.7. The molecule has 0 aromatic rings. The minimum absolute atomic E-state index is 0.207. The van der Waals surface area contributed by atoms with Gasteiger partial charge in [0.1, 0.15) is 0 Å². The summed E-state index contributed by atoms with van der Waals surface area (Å²) in [6.07, 6.45) is 8.23. The summed E-state index contributed by atoms with van der Waals surface area (Å²) < 4.78 is 29.0. The standard InChI is InChI=1S/C20H35N3O3S/c1-20(5-7-26-8-6-20)14-22-19(21-12-16-4-9-27(24,25)13-16)23-18-11-15-2-3-17(18)10-15/h15-18H,2-14H2,1H3,(H2,21,22,23). The monoisotopic (exact) mass is 397 g/mol. The predicted octanol–water partition coefficient (Wildman–Crippen LogP) is 1.96. The van der Waals surface area contributed by atoms with Crippen LogP contribution in [0.2, 0.25) is 0 Å². The largest absolute Gasteiger partial charge is 0.381 e. The van der Waals surface area contributed by atoms with Crippen LogP contribution in [-0.2, 0) is 14.6 Å². The molecule has 2 aliphatic carbocycles. The molecule has 2 bridgehead atoms. The topological polar surface area (TPSA) is 79.8 Å². The highest BCUT2D eigenvalue weighted by molar-refractivity contribution is 7.91. The summed E-state index contributed by atoms with van der Waals surface area (Å²) in [7, 11) is -2.83. The minimum atomic E-state index is -2.83. The van der Waals surface area contributed by atoms with Crippen molar-refractivity contribution in [1.82, 2.24) is 10.6 Å². The fraction of sp³-hybridized carbons (Fsp3) is 0.950. The van der Waals surface area contributed by atoms with Gasteiger partial charge >= 0.3 is 0 Å². The second kappa shape index (κ2) is 7.90. The Bertz CT molecular complexity index is 657. The molecule has 7 heteroatoms. The van der Waals surface area contributed by atoms with Crippen LogP contribution in [0.15, 0.2) is 4.99 Å². The number of guanidine groups is 1. The highest BCUT2D eigenvalue weighted by Gasteiger charge is 2.40. The molecule has 2 heterocycles. The number of rotatable bonds is 5. The molecule has 4 aliphatic rings. The van der Waals surface area contributed by atoms with Gasteiger partial charge in [0.05, 0.1) is 11.5 Å². The second-order valence-electron chi connectivity index (χ2n) is 9.66. The van der Waals surface area contributed by atoms with Crippen LogP contribution in [-0.4, -0.2) is 58.2 Å². The third-order valence-corrected chi connectivity index (χ3v) is 9.10. The normalized spacial score (nSPS) is 37.4. The predicted molar refractivity (Wildman–Crippen MR) is 108 cm³/mol. The van der Waals surface area contributed by atoms with Gasteiger partial charge in [-0.05, 0) is 61.7 Å². The van der Waals surface area contributed by atoms with Gasteiger partial charge in [0.15, 0.2) is 15.8 Å². The Hall–Kier alpha value is -0.820. The highest BCUT2D eigenvalue weighted by Crippen LogP contribution is 2.44. The molecular formula is C20H35N3O3S. The molecule has 27 heavy (non-hydrogen) atoms. The zero-order chi connectivity index (χ0) is 18.9. The lowest BCUT2D eigenvalue weighted by Gasteiger charge is -2.32. The lowest BCUT2D eigenvalue weighted by Crippen LogP contribution is -2.47. The van der Waals surface area contributed by atoms with Crippen LogP contribution < -0.4 is 10.6 Å². The fourth-order valence-corrected chi connectivity index (χ4v) is 7.18. The van der Waals surface area contributed by atoms with E-state index in [-0.39, 0.29) is 11.3 Å². The Morgan fingerprint density at radius 1 is 1.19 bits per heavy atom. The summed E-state index contributed by atoms with van der Waals surface area (Å²) in [6, 6.07) is 0.532. The van der Waals surface area contributed by atoms with Gasteiger partial charge in [-0.3, -0.25) is 4.99 Å². The SMILES string of the molecule is CC1(CN=C(NCC2CCS(=O)(=O)C2)NC2CC3CCC2C3)CCOCC1. The van der Waals surface area contributed by atoms with Crippen LogP contribution in [0, 0.1) is 23.2 Å². The van der Waals surface area contributed by atoms with Gasteiger partial charge in [0.2, 0.25) is 0 Å². The van der Waals surface area contributed by atoms with E-state index in [0.29, 0.717) is 24.1 Å². The summed E-state index contributed by atoms with van der Waals surface area (Å²) in [4.78, 5) is 4.95. The molecule has 0 radical (unpaired) electrons. The molecule has 2 saturated heterocycles. The summed E-state index contributed by atoms with van der Waals surface area (Å²) in [6.45, 7) is 5.46. The molecule has 2 saturated carbocycles. The molecule has 154 valence electrons. The van der Waals surface area contributed by atoms with E-state index in [0.717, 1.165) is 56.8 Å². The average Bonchev–Trinajstić information content (AvgIpc) is 3.33. The number of aliphatic imine (C=N–C) groups is 1. The van der Waals surface area contributed by atoms with Crippen molar-refractivity contribution in [3.63, 3.8) is 0 Å². The first-order valence-electron chi connectivity index (χ1n) is 10.7. The Balaban J connectivity index is 1.37. The van der Waals surface area contributed by atoms with Crippen LogP contribution >= 0.6 is 0 Å². The van der Waals surface area contributed by atoms with Crippen molar-refractivity contribution < 1.29 is 13.2 Å². The first kappa shape index (κ1) is 19.5. The van der Waals surface area contributed by atoms with Crippen molar-refractivity contribution in [2.45, 2.75) is 57.9 Å². The van der Waals surface area contributed by atoms with E-state index in [1.54, 1.807) is 0 Å². The molecule has 4 unspecified atom stereocenters. The third-order valence-electron chi connectivity index (χ3n) is 7.26. The van der Waals surface area contributed by atoms with Gasteiger partial charge < -0.3 is 15.4 Å². The number of nitrogens with one attached hydrogen (secondary N) is 2. The summed E-state index contributed by atoms with van der Waals surface area (Å²) in [5.74, 6) is 3.43. The van der Waals surface area contributed by atoms with Crippen molar-refractivity contribution in [3.05, 3.63) is 0 Å². The van der Waals surface area contributed by atoms with Crippen molar-refractivity contribution in [2.24, 2.45) is 28.2 Å². The van der Waals surface area contributed by atoms with Gasteiger partial charge in [0.25, 0.3) is 0 Å². The van der Waals surface area contributed by atoms with E-state index < -0.39 is 9.84 Å². The first-order chi connectivity index (χ1) is 12.9. The van der Waals surface area contributed by atoms with Crippen LogP contribution in [0.5, 0.6) is 0 Å². The smallest absolute Gasteiger partial charge is 0.191 e. The summed E-state index contributed by atoms with van der Waals surface area (Å²) >= 11 is 0. The third kappa shape index (κ3) is 4.97. The lowest BCUT2D eigenvalue weighted by molar-refractivity contribution is 0.0283. The highest BCUT2D eigenvalue weighted by atomic mass is 32.2. The molecule has 0 amide bonds. The van der Waals surface area contributed by atoms with E-state index in [9.17, 15) is 8.42 Å². The van der Waals surface area contributed by atoms with Gasteiger partial charge in [-0.25, -0.2) is 8.42 Å². The van der Waals surface area contributed by atoms with E-state index >= 15 is 0 Å². The zero-order valence-corrected chi connectivity index (χ0v) is 17.4. The van der Waals surface area contributed by atoms with E-state index in [2.05, 4.69) is 17.6 Å².